The SMILES string of the molecule is COc1cccc(Nc2cc(-c3ccccn3)nc(NCCCO)n2)c1. The van der Waals surface area contributed by atoms with Gasteiger partial charge in [-0.2, -0.15) is 4.98 Å². The number of rotatable bonds is 8. The fraction of sp³-hybridized carbons (Fsp3) is 0.211. The average molecular weight is 351 g/mol. The van der Waals surface area contributed by atoms with E-state index in [1.165, 1.54) is 0 Å². The van der Waals surface area contributed by atoms with Gasteiger partial charge in [0.1, 0.15) is 11.6 Å². The van der Waals surface area contributed by atoms with Crippen LogP contribution >= 0.6 is 0 Å². The molecule has 1 aromatic carbocycles. The Morgan fingerprint density at radius 2 is 1.96 bits per heavy atom. The van der Waals surface area contributed by atoms with Gasteiger partial charge in [-0.1, -0.05) is 12.1 Å². The summed E-state index contributed by atoms with van der Waals surface area (Å²) in [6.45, 7) is 0.697. The van der Waals surface area contributed by atoms with Crippen molar-refractivity contribution in [2.45, 2.75) is 6.42 Å². The van der Waals surface area contributed by atoms with E-state index in [-0.39, 0.29) is 6.61 Å². The number of hydrogen-bond donors (Lipinski definition) is 3. The van der Waals surface area contributed by atoms with Crippen molar-refractivity contribution in [3.05, 3.63) is 54.7 Å². The molecule has 0 spiro atoms. The molecule has 0 radical (unpaired) electrons. The zero-order chi connectivity index (χ0) is 18.2. The van der Waals surface area contributed by atoms with E-state index >= 15 is 0 Å². The molecule has 0 saturated heterocycles. The molecule has 3 N–H and O–H groups in total. The first-order chi connectivity index (χ1) is 12.8. The number of pyridine rings is 1. The van der Waals surface area contributed by atoms with Crippen molar-refractivity contribution < 1.29 is 9.84 Å². The number of ether oxygens (including phenoxy) is 1. The zero-order valence-corrected chi connectivity index (χ0v) is 14.5. The Balaban J connectivity index is 1.90. The number of hydrogen-bond acceptors (Lipinski definition) is 7. The molecule has 0 aliphatic heterocycles. The van der Waals surface area contributed by atoms with Gasteiger partial charge in [0.25, 0.3) is 0 Å². The normalized spacial score (nSPS) is 10.4. The molecule has 0 fully saturated rings. The largest absolute Gasteiger partial charge is 0.497 e. The predicted molar refractivity (Wildman–Crippen MR) is 102 cm³/mol. The van der Waals surface area contributed by atoms with E-state index in [0.717, 1.165) is 17.1 Å². The number of methoxy groups -OCH3 is 1. The number of benzene rings is 1. The van der Waals surface area contributed by atoms with Crippen molar-refractivity contribution >= 4 is 17.5 Å². The summed E-state index contributed by atoms with van der Waals surface area (Å²) in [5.74, 6) is 1.88. The zero-order valence-electron chi connectivity index (χ0n) is 14.5. The van der Waals surface area contributed by atoms with E-state index < -0.39 is 0 Å². The molecule has 2 aromatic heterocycles. The van der Waals surface area contributed by atoms with Gasteiger partial charge < -0.3 is 20.5 Å². The second-order valence-electron chi connectivity index (χ2n) is 5.54. The predicted octanol–water partition coefficient (Wildman–Crippen LogP) is 3.09. The number of aliphatic hydroxyl groups excluding tert-OH is 1. The molecule has 3 rings (SSSR count). The van der Waals surface area contributed by atoms with Gasteiger partial charge in [0, 0.05) is 37.2 Å². The Morgan fingerprint density at radius 1 is 1.04 bits per heavy atom. The maximum Gasteiger partial charge on any atom is 0.225 e. The van der Waals surface area contributed by atoms with Gasteiger partial charge in [-0.05, 0) is 30.7 Å². The smallest absolute Gasteiger partial charge is 0.225 e. The lowest BCUT2D eigenvalue weighted by molar-refractivity contribution is 0.292. The molecule has 7 heteroatoms. The summed E-state index contributed by atoms with van der Waals surface area (Å²) in [4.78, 5) is 13.4. The molecule has 26 heavy (non-hydrogen) atoms. The van der Waals surface area contributed by atoms with Gasteiger partial charge in [-0.15, -0.1) is 0 Å². The quantitative estimate of drug-likeness (QED) is 0.537. The van der Waals surface area contributed by atoms with Crippen LogP contribution in [-0.2, 0) is 0 Å². The minimum absolute atomic E-state index is 0.113. The highest BCUT2D eigenvalue weighted by atomic mass is 16.5. The van der Waals surface area contributed by atoms with Crippen molar-refractivity contribution in [2.24, 2.45) is 0 Å². The van der Waals surface area contributed by atoms with Crippen LogP contribution in [0.3, 0.4) is 0 Å². The fourth-order valence-electron chi connectivity index (χ4n) is 2.36. The van der Waals surface area contributed by atoms with Crippen molar-refractivity contribution in [3.8, 4) is 17.1 Å². The van der Waals surface area contributed by atoms with Crippen LogP contribution in [0.4, 0.5) is 17.5 Å². The number of anilines is 3. The molecule has 7 nitrogen and oxygen atoms in total. The molecule has 2 heterocycles. The highest BCUT2D eigenvalue weighted by Crippen LogP contribution is 2.24. The van der Waals surface area contributed by atoms with Crippen molar-refractivity contribution in [1.29, 1.82) is 0 Å². The van der Waals surface area contributed by atoms with Gasteiger partial charge >= 0.3 is 0 Å². The molecular formula is C19H21N5O2. The second-order valence-corrected chi connectivity index (χ2v) is 5.54. The van der Waals surface area contributed by atoms with Crippen LogP contribution in [0.1, 0.15) is 6.42 Å². The third-order valence-corrected chi connectivity index (χ3v) is 3.61. The molecule has 134 valence electrons. The van der Waals surface area contributed by atoms with Crippen molar-refractivity contribution in [3.63, 3.8) is 0 Å². The van der Waals surface area contributed by atoms with Crippen LogP contribution in [0.2, 0.25) is 0 Å². The van der Waals surface area contributed by atoms with E-state index in [4.69, 9.17) is 9.84 Å². The summed E-state index contributed by atoms with van der Waals surface area (Å²) >= 11 is 0. The first kappa shape index (κ1) is 17.6. The molecule has 3 aromatic rings. The summed E-state index contributed by atoms with van der Waals surface area (Å²) in [6.07, 6.45) is 2.35. The van der Waals surface area contributed by atoms with Gasteiger partial charge in [0.2, 0.25) is 5.95 Å². The fourth-order valence-corrected chi connectivity index (χ4v) is 2.36. The lowest BCUT2D eigenvalue weighted by Gasteiger charge is -2.11. The van der Waals surface area contributed by atoms with Crippen molar-refractivity contribution in [1.82, 2.24) is 15.0 Å². The summed E-state index contributed by atoms with van der Waals surface area (Å²) in [5.41, 5.74) is 2.32. The topological polar surface area (TPSA) is 92.2 Å². The summed E-state index contributed by atoms with van der Waals surface area (Å²) < 4.78 is 5.26. The molecule has 0 bridgehead atoms. The van der Waals surface area contributed by atoms with Gasteiger partial charge in [-0.25, -0.2) is 4.98 Å². The van der Waals surface area contributed by atoms with Crippen LogP contribution < -0.4 is 15.4 Å². The third-order valence-electron chi connectivity index (χ3n) is 3.61. The number of nitrogens with zero attached hydrogens (tertiary/aromatic N) is 3. The number of aromatic nitrogens is 3. The Labute approximate surface area is 152 Å². The average Bonchev–Trinajstić information content (AvgIpc) is 2.69. The lowest BCUT2D eigenvalue weighted by Crippen LogP contribution is -2.09. The van der Waals surface area contributed by atoms with Crippen LogP contribution in [0, 0.1) is 0 Å². The van der Waals surface area contributed by atoms with Crippen LogP contribution in [0.25, 0.3) is 11.4 Å². The number of nitrogens with one attached hydrogen (secondary N) is 2. The Hall–Kier alpha value is -3.19. The lowest BCUT2D eigenvalue weighted by atomic mass is 10.2. The summed E-state index contributed by atoms with van der Waals surface area (Å²) in [7, 11) is 1.63. The van der Waals surface area contributed by atoms with Crippen LogP contribution in [0.15, 0.2) is 54.7 Å². The molecule has 0 amide bonds. The maximum atomic E-state index is 8.96. The highest BCUT2D eigenvalue weighted by molar-refractivity contribution is 5.65. The standard InChI is InChI=1S/C19H21N5O2/c1-26-15-7-4-6-14(12-15)22-18-13-17(16-8-2-3-9-20-16)23-19(24-18)21-10-5-11-25/h2-4,6-9,12-13,25H,5,10-11H2,1H3,(H2,21,22,23,24). The van der Waals surface area contributed by atoms with Crippen molar-refractivity contribution in [2.75, 3.05) is 30.9 Å². The Kier molecular flexibility index (Phi) is 5.95. The van der Waals surface area contributed by atoms with E-state index in [0.29, 0.717) is 30.4 Å². The molecule has 0 aliphatic rings. The molecular weight excluding hydrogens is 330 g/mol. The summed E-state index contributed by atoms with van der Waals surface area (Å²) in [6, 6.07) is 15.1. The molecule has 0 saturated carbocycles. The Bertz CT molecular complexity index is 842. The van der Waals surface area contributed by atoms with E-state index in [1.807, 2.05) is 48.5 Å². The molecule has 0 atom stereocenters. The highest BCUT2D eigenvalue weighted by Gasteiger charge is 2.08. The van der Waals surface area contributed by atoms with E-state index in [2.05, 4.69) is 25.6 Å². The first-order valence-electron chi connectivity index (χ1n) is 8.35. The van der Waals surface area contributed by atoms with Gasteiger partial charge in [-0.3, -0.25) is 4.98 Å². The second kappa shape index (κ2) is 8.77. The molecule has 0 aliphatic carbocycles. The summed E-state index contributed by atoms with van der Waals surface area (Å²) in [5, 5.41) is 15.4. The van der Waals surface area contributed by atoms with E-state index in [1.54, 1.807) is 13.3 Å². The minimum Gasteiger partial charge on any atom is -0.497 e. The van der Waals surface area contributed by atoms with Crippen LogP contribution in [-0.4, -0.2) is 40.3 Å². The maximum absolute atomic E-state index is 8.96. The minimum atomic E-state index is 0.113. The number of aliphatic hydroxyl groups is 1. The monoisotopic (exact) mass is 351 g/mol. The van der Waals surface area contributed by atoms with Gasteiger partial charge in [0.15, 0.2) is 0 Å². The molecule has 0 unspecified atom stereocenters. The third kappa shape index (κ3) is 4.67. The Morgan fingerprint density at radius 3 is 2.73 bits per heavy atom. The van der Waals surface area contributed by atoms with E-state index in [9.17, 15) is 0 Å². The van der Waals surface area contributed by atoms with Gasteiger partial charge in [0.05, 0.1) is 18.5 Å². The first-order valence-corrected chi connectivity index (χ1v) is 8.35. The van der Waals surface area contributed by atoms with Crippen LogP contribution in [0.5, 0.6) is 5.75 Å².